The lowest BCUT2D eigenvalue weighted by Crippen LogP contribution is -2.17. The Labute approximate surface area is 176 Å². The molecule has 30 heavy (non-hydrogen) atoms. The number of hydrogen-bond donors (Lipinski definition) is 0. The maximum Gasteiger partial charge on any atom is 0.203 e. The van der Waals surface area contributed by atoms with E-state index >= 15 is 0 Å². The molecule has 0 heterocycles. The Balaban J connectivity index is 1.76. The lowest BCUT2D eigenvalue weighted by atomic mass is 10.0. The fourth-order valence-corrected chi connectivity index (χ4v) is 3.32. The molecule has 3 aromatic rings. The van der Waals surface area contributed by atoms with Gasteiger partial charge in [0.1, 0.15) is 12.6 Å². The standard InChI is InChI=1S/C24H25NO5/c1-27-21-11-16(12-22(28-2)24(21)30-4)14-25-15-20(26)23(29-3)19-10-9-17-7-5-6-8-18(17)13-19/h5-14,23H,15H2,1-4H3. The van der Waals surface area contributed by atoms with Gasteiger partial charge in [0.25, 0.3) is 0 Å². The van der Waals surface area contributed by atoms with Crippen LogP contribution in [-0.4, -0.2) is 47.0 Å². The van der Waals surface area contributed by atoms with E-state index in [-0.39, 0.29) is 12.3 Å². The maximum atomic E-state index is 12.7. The third-order valence-electron chi connectivity index (χ3n) is 4.78. The van der Waals surface area contributed by atoms with Crippen LogP contribution in [0.4, 0.5) is 0 Å². The lowest BCUT2D eigenvalue weighted by molar-refractivity contribution is -0.127. The predicted octanol–water partition coefficient (Wildman–Crippen LogP) is 4.24. The zero-order valence-electron chi connectivity index (χ0n) is 17.5. The van der Waals surface area contributed by atoms with E-state index in [0.717, 1.165) is 21.9 Å². The summed E-state index contributed by atoms with van der Waals surface area (Å²) in [5.74, 6) is 1.42. The van der Waals surface area contributed by atoms with Crippen molar-refractivity contribution in [2.45, 2.75) is 6.10 Å². The van der Waals surface area contributed by atoms with Crippen molar-refractivity contribution in [1.29, 1.82) is 0 Å². The van der Waals surface area contributed by atoms with E-state index in [1.54, 1.807) is 39.7 Å². The fraction of sp³-hybridized carbons (Fsp3) is 0.250. The minimum absolute atomic E-state index is 0.0119. The minimum atomic E-state index is -0.674. The van der Waals surface area contributed by atoms with Gasteiger partial charge in [0.2, 0.25) is 5.75 Å². The number of nitrogens with zero attached hydrogens (tertiary/aromatic N) is 1. The largest absolute Gasteiger partial charge is 0.493 e. The van der Waals surface area contributed by atoms with Crippen molar-refractivity contribution in [1.82, 2.24) is 0 Å². The molecule has 6 nitrogen and oxygen atoms in total. The number of benzene rings is 3. The summed E-state index contributed by atoms with van der Waals surface area (Å²) in [6, 6.07) is 17.4. The first kappa shape index (κ1) is 21.3. The highest BCUT2D eigenvalue weighted by atomic mass is 16.5. The summed E-state index contributed by atoms with van der Waals surface area (Å²) < 4.78 is 21.5. The minimum Gasteiger partial charge on any atom is -0.493 e. The predicted molar refractivity (Wildman–Crippen MR) is 117 cm³/mol. The van der Waals surface area contributed by atoms with Gasteiger partial charge < -0.3 is 18.9 Å². The Morgan fingerprint density at radius 3 is 2.17 bits per heavy atom. The van der Waals surface area contributed by atoms with Crippen molar-refractivity contribution in [2.24, 2.45) is 4.99 Å². The Bertz CT molecular complexity index is 1040. The Morgan fingerprint density at radius 2 is 1.57 bits per heavy atom. The SMILES string of the molecule is COc1cc(C=NCC(=O)C(OC)c2ccc3ccccc3c2)cc(OC)c1OC. The third-order valence-corrected chi connectivity index (χ3v) is 4.78. The zero-order valence-corrected chi connectivity index (χ0v) is 17.5. The molecule has 0 aromatic heterocycles. The Morgan fingerprint density at radius 1 is 0.900 bits per heavy atom. The molecule has 1 unspecified atom stereocenters. The number of ether oxygens (including phenoxy) is 4. The van der Waals surface area contributed by atoms with Crippen LogP contribution in [0.25, 0.3) is 10.8 Å². The first-order valence-electron chi connectivity index (χ1n) is 9.45. The van der Waals surface area contributed by atoms with Crippen molar-refractivity contribution in [3.8, 4) is 17.2 Å². The van der Waals surface area contributed by atoms with E-state index in [9.17, 15) is 4.79 Å². The van der Waals surface area contributed by atoms with Gasteiger partial charge >= 0.3 is 0 Å². The van der Waals surface area contributed by atoms with Crippen LogP contribution in [0.3, 0.4) is 0 Å². The smallest absolute Gasteiger partial charge is 0.203 e. The molecule has 0 aliphatic carbocycles. The molecular formula is C24H25NO5. The number of fused-ring (bicyclic) bond motifs is 1. The van der Waals surface area contributed by atoms with Crippen LogP contribution >= 0.6 is 0 Å². The second-order valence-corrected chi connectivity index (χ2v) is 6.62. The molecule has 1 atom stereocenters. The van der Waals surface area contributed by atoms with Crippen molar-refractivity contribution < 1.29 is 23.7 Å². The van der Waals surface area contributed by atoms with Gasteiger partial charge in [0.05, 0.1) is 21.3 Å². The molecular weight excluding hydrogens is 382 g/mol. The number of rotatable bonds is 9. The molecule has 0 spiro atoms. The summed E-state index contributed by atoms with van der Waals surface area (Å²) in [6.07, 6.45) is 0.932. The van der Waals surface area contributed by atoms with E-state index in [2.05, 4.69) is 4.99 Å². The average Bonchev–Trinajstić information content (AvgIpc) is 2.78. The van der Waals surface area contributed by atoms with E-state index < -0.39 is 6.10 Å². The number of ketones is 1. The van der Waals surface area contributed by atoms with Gasteiger partial charge in [-0.05, 0) is 40.1 Å². The van der Waals surface area contributed by atoms with Crippen LogP contribution in [-0.2, 0) is 9.53 Å². The van der Waals surface area contributed by atoms with Gasteiger partial charge in [-0.25, -0.2) is 0 Å². The van der Waals surface area contributed by atoms with Gasteiger partial charge in [-0.1, -0.05) is 36.4 Å². The van der Waals surface area contributed by atoms with Crippen LogP contribution in [0.15, 0.2) is 59.6 Å². The summed E-state index contributed by atoms with van der Waals surface area (Å²) >= 11 is 0. The van der Waals surface area contributed by atoms with E-state index in [1.165, 1.54) is 7.11 Å². The van der Waals surface area contributed by atoms with Crippen molar-refractivity contribution in [2.75, 3.05) is 35.0 Å². The summed E-state index contributed by atoms with van der Waals surface area (Å²) in [7, 11) is 6.17. The number of methoxy groups -OCH3 is 4. The normalized spacial score (nSPS) is 12.1. The van der Waals surface area contributed by atoms with Crippen molar-refractivity contribution in [3.63, 3.8) is 0 Å². The quantitative estimate of drug-likeness (QED) is 0.497. The maximum absolute atomic E-state index is 12.7. The average molecular weight is 407 g/mol. The monoisotopic (exact) mass is 407 g/mol. The van der Waals surface area contributed by atoms with Crippen LogP contribution in [0.5, 0.6) is 17.2 Å². The molecule has 0 saturated heterocycles. The molecule has 6 heteroatoms. The Kier molecular flexibility index (Phi) is 7.03. The van der Waals surface area contributed by atoms with Crippen LogP contribution in [0.2, 0.25) is 0 Å². The van der Waals surface area contributed by atoms with E-state index in [0.29, 0.717) is 17.2 Å². The van der Waals surface area contributed by atoms with Gasteiger partial charge in [0, 0.05) is 13.3 Å². The highest BCUT2D eigenvalue weighted by Gasteiger charge is 2.20. The number of aliphatic imine (C=N–C) groups is 1. The molecule has 0 bridgehead atoms. The lowest BCUT2D eigenvalue weighted by Gasteiger charge is -2.14. The molecule has 0 saturated carbocycles. The fourth-order valence-electron chi connectivity index (χ4n) is 3.32. The van der Waals surface area contributed by atoms with E-state index in [4.69, 9.17) is 18.9 Å². The molecule has 0 aliphatic rings. The van der Waals surface area contributed by atoms with Crippen molar-refractivity contribution in [3.05, 3.63) is 65.7 Å². The Hall–Kier alpha value is -3.38. The number of carbonyl (C=O) groups excluding carboxylic acids is 1. The van der Waals surface area contributed by atoms with E-state index in [1.807, 2.05) is 42.5 Å². The van der Waals surface area contributed by atoms with Gasteiger partial charge in [0.15, 0.2) is 17.3 Å². The molecule has 156 valence electrons. The summed E-state index contributed by atoms with van der Waals surface area (Å²) in [6.45, 7) is -0.0119. The molecule has 0 N–H and O–H groups in total. The summed E-state index contributed by atoms with van der Waals surface area (Å²) in [5, 5.41) is 2.18. The van der Waals surface area contributed by atoms with Crippen LogP contribution < -0.4 is 14.2 Å². The molecule has 0 radical (unpaired) electrons. The van der Waals surface area contributed by atoms with Crippen LogP contribution in [0.1, 0.15) is 17.2 Å². The highest BCUT2D eigenvalue weighted by Crippen LogP contribution is 2.37. The number of hydrogen-bond acceptors (Lipinski definition) is 6. The molecule has 3 rings (SSSR count). The highest BCUT2D eigenvalue weighted by molar-refractivity contribution is 5.91. The second kappa shape index (κ2) is 9.89. The second-order valence-electron chi connectivity index (χ2n) is 6.62. The molecule has 0 fully saturated rings. The summed E-state index contributed by atoms with van der Waals surface area (Å²) in [4.78, 5) is 17.0. The van der Waals surface area contributed by atoms with Crippen LogP contribution in [0, 0.1) is 0 Å². The molecule has 3 aromatic carbocycles. The first-order chi connectivity index (χ1) is 14.6. The van der Waals surface area contributed by atoms with Gasteiger partial charge in [-0.15, -0.1) is 0 Å². The first-order valence-corrected chi connectivity index (χ1v) is 9.45. The van der Waals surface area contributed by atoms with Gasteiger partial charge in [-0.3, -0.25) is 9.79 Å². The van der Waals surface area contributed by atoms with Gasteiger partial charge in [-0.2, -0.15) is 0 Å². The number of Topliss-reactive ketones (excluding diaryl/α,β-unsaturated/α-hetero) is 1. The number of carbonyl (C=O) groups is 1. The summed E-state index contributed by atoms with van der Waals surface area (Å²) in [5.41, 5.74) is 1.54. The third kappa shape index (κ3) is 4.60. The molecule has 0 aliphatic heterocycles. The van der Waals surface area contributed by atoms with Crippen molar-refractivity contribution >= 4 is 22.8 Å². The zero-order chi connectivity index (χ0) is 21.5. The topological polar surface area (TPSA) is 66.4 Å². The molecule has 0 amide bonds.